The monoisotopic (exact) mass is 386 g/mol. The van der Waals surface area contributed by atoms with Crippen LogP contribution in [0.4, 0.5) is 0 Å². The van der Waals surface area contributed by atoms with Gasteiger partial charge in [0, 0.05) is 37.1 Å². The first-order chi connectivity index (χ1) is 13.7. The van der Waals surface area contributed by atoms with Crippen LogP contribution in [0.5, 0.6) is 0 Å². The van der Waals surface area contributed by atoms with E-state index >= 15 is 0 Å². The quantitative estimate of drug-likeness (QED) is 0.643. The van der Waals surface area contributed by atoms with Gasteiger partial charge in [-0.2, -0.15) is 4.98 Å². The molecule has 2 heterocycles. The number of aromatic nitrogens is 3. The Balaban J connectivity index is 0.000000184. The second-order valence-corrected chi connectivity index (χ2v) is 6.15. The van der Waals surface area contributed by atoms with Crippen LogP contribution in [-0.2, 0) is 6.42 Å². The first-order valence-corrected chi connectivity index (χ1v) is 9.15. The van der Waals surface area contributed by atoms with E-state index in [1.54, 1.807) is 6.07 Å². The molecule has 0 saturated heterocycles. The summed E-state index contributed by atoms with van der Waals surface area (Å²) in [4.78, 5) is 14.6. The zero-order valence-corrected chi connectivity index (χ0v) is 16.3. The molecule has 1 fully saturated rings. The van der Waals surface area contributed by atoms with Crippen molar-refractivity contribution in [1.29, 1.82) is 0 Å². The minimum Gasteiger partial charge on any atom is -0.400 e. The van der Waals surface area contributed by atoms with Gasteiger partial charge in [-0.3, -0.25) is 4.79 Å². The Morgan fingerprint density at radius 1 is 1.18 bits per heavy atom. The first-order valence-electron chi connectivity index (χ1n) is 9.15. The summed E-state index contributed by atoms with van der Waals surface area (Å²) in [5.74, 6) is 2.77. The molecule has 0 unspecified atom stereocenters. The van der Waals surface area contributed by atoms with Crippen LogP contribution in [-0.4, -0.2) is 46.9 Å². The van der Waals surface area contributed by atoms with Crippen molar-refractivity contribution in [2.24, 2.45) is 0 Å². The Kier molecular flexibility index (Phi) is 8.51. The van der Waals surface area contributed by atoms with Crippen LogP contribution in [0.3, 0.4) is 0 Å². The molecule has 2 N–H and O–H groups in total. The van der Waals surface area contributed by atoms with Gasteiger partial charge in [0.2, 0.25) is 5.89 Å². The summed E-state index contributed by atoms with van der Waals surface area (Å²) in [5.41, 5.74) is 1.24. The van der Waals surface area contributed by atoms with Crippen LogP contribution in [0.25, 0.3) is 11.3 Å². The molecular weight excluding hydrogens is 360 g/mol. The summed E-state index contributed by atoms with van der Waals surface area (Å²) in [7, 11) is 2.99. The third kappa shape index (κ3) is 5.58. The number of hydrogen-bond acceptors (Lipinski definition) is 8. The van der Waals surface area contributed by atoms with Crippen LogP contribution in [0, 0.1) is 0 Å². The standard InChI is InChI=1S/C10H7NO2.C9H15N3O.CH4O/c12-7-9-6-10(13-11-9)8-4-2-1-3-5-8;1-3-8-11-9(12-13-8)6-4-7(5-6)10-2;1-2/h1-7H;6-7,10H,3-5H2,1-2H3;2H,1H3. The number of hydrogen-bond donors (Lipinski definition) is 2. The molecule has 3 aromatic rings. The van der Waals surface area contributed by atoms with E-state index in [-0.39, 0.29) is 0 Å². The molecule has 0 spiro atoms. The van der Waals surface area contributed by atoms with E-state index in [4.69, 9.17) is 14.2 Å². The topological polar surface area (TPSA) is 114 Å². The van der Waals surface area contributed by atoms with Crippen molar-refractivity contribution in [1.82, 2.24) is 20.6 Å². The number of rotatable bonds is 5. The fraction of sp³-hybridized carbons (Fsp3) is 0.400. The molecule has 28 heavy (non-hydrogen) atoms. The maximum atomic E-state index is 10.3. The van der Waals surface area contributed by atoms with Gasteiger partial charge in [-0.1, -0.05) is 47.6 Å². The molecule has 0 bridgehead atoms. The summed E-state index contributed by atoms with van der Waals surface area (Å²) < 4.78 is 10.0. The van der Waals surface area contributed by atoms with Crippen LogP contribution >= 0.6 is 0 Å². The predicted octanol–water partition coefficient (Wildman–Crippen LogP) is 2.86. The fourth-order valence-electron chi connectivity index (χ4n) is 2.72. The van der Waals surface area contributed by atoms with Gasteiger partial charge in [-0.15, -0.1) is 0 Å². The van der Waals surface area contributed by atoms with Gasteiger partial charge < -0.3 is 19.5 Å². The summed E-state index contributed by atoms with van der Waals surface area (Å²) in [6, 6.07) is 11.8. The molecule has 1 aromatic carbocycles. The van der Waals surface area contributed by atoms with Gasteiger partial charge in [-0.05, 0) is 19.9 Å². The van der Waals surface area contributed by atoms with E-state index in [1.807, 2.05) is 44.3 Å². The van der Waals surface area contributed by atoms with E-state index in [9.17, 15) is 4.79 Å². The summed E-state index contributed by atoms with van der Waals surface area (Å²) in [6.45, 7) is 2.02. The Morgan fingerprint density at radius 3 is 2.43 bits per heavy atom. The Labute approximate surface area is 163 Å². The number of aryl methyl sites for hydroxylation is 1. The molecule has 8 heteroatoms. The number of nitrogens with zero attached hydrogens (tertiary/aromatic N) is 3. The molecule has 1 aliphatic carbocycles. The van der Waals surface area contributed by atoms with E-state index in [1.165, 1.54) is 0 Å². The summed E-state index contributed by atoms with van der Waals surface area (Å²) in [6.07, 6.45) is 3.77. The summed E-state index contributed by atoms with van der Waals surface area (Å²) in [5, 5.41) is 17.8. The Morgan fingerprint density at radius 2 is 1.89 bits per heavy atom. The Bertz CT molecular complexity index is 826. The lowest BCUT2D eigenvalue weighted by Crippen LogP contribution is -2.38. The molecule has 0 atom stereocenters. The number of carbonyl (C=O) groups is 1. The van der Waals surface area contributed by atoms with Gasteiger partial charge in [0.1, 0.15) is 5.69 Å². The number of nitrogens with one attached hydrogen (secondary N) is 1. The van der Waals surface area contributed by atoms with Crippen LogP contribution < -0.4 is 5.32 Å². The molecule has 150 valence electrons. The van der Waals surface area contributed by atoms with Crippen molar-refractivity contribution >= 4 is 6.29 Å². The van der Waals surface area contributed by atoms with E-state index in [0.29, 0.717) is 29.7 Å². The zero-order valence-electron chi connectivity index (χ0n) is 16.3. The van der Waals surface area contributed by atoms with Crippen LogP contribution in [0.15, 0.2) is 45.4 Å². The van der Waals surface area contributed by atoms with Crippen LogP contribution in [0.1, 0.15) is 47.9 Å². The number of benzene rings is 1. The predicted molar refractivity (Wildman–Crippen MR) is 104 cm³/mol. The molecule has 1 saturated carbocycles. The number of carbonyl (C=O) groups excluding carboxylic acids is 1. The van der Waals surface area contributed by atoms with Crippen LogP contribution in [0.2, 0.25) is 0 Å². The fourth-order valence-corrected chi connectivity index (χ4v) is 2.72. The normalized spacial score (nSPS) is 17.4. The molecule has 0 aliphatic heterocycles. The smallest absolute Gasteiger partial charge is 0.226 e. The Hall–Kier alpha value is -2.84. The highest BCUT2D eigenvalue weighted by Crippen LogP contribution is 2.34. The highest BCUT2D eigenvalue weighted by molar-refractivity contribution is 5.74. The largest absolute Gasteiger partial charge is 0.400 e. The minimum atomic E-state index is 0.318. The second-order valence-electron chi connectivity index (χ2n) is 6.15. The average molecular weight is 386 g/mol. The number of aldehydes is 1. The molecule has 1 aliphatic rings. The van der Waals surface area contributed by atoms with E-state index in [2.05, 4.69) is 20.6 Å². The molecule has 0 radical (unpaired) electrons. The average Bonchev–Trinajstić information content (AvgIpc) is 3.40. The number of aliphatic hydroxyl groups excluding tert-OH is 1. The van der Waals surface area contributed by atoms with Crippen molar-refractivity contribution in [3.63, 3.8) is 0 Å². The SMILES string of the molecule is CCc1nc(C2CC(NC)C2)no1.CO.O=Cc1cc(-c2ccccc2)on1. The minimum absolute atomic E-state index is 0.318. The lowest BCUT2D eigenvalue weighted by Gasteiger charge is -2.32. The van der Waals surface area contributed by atoms with E-state index < -0.39 is 0 Å². The molecule has 0 amide bonds. The molecule has 8 nitrogen and oxygen atoms in total. The zero-order chi connectivity index (χ0) is 20.4. The van der Waals surface area contributed by atoms with Crippen molar-refractivity contribution in [2.45, 2.75) is 38.1 Å². The van der Waals surface area contributed by atoms with Gasteiger partial charge in [0.25, 0.3) is 0 Å². The van der Waals surface area contributed by atoms with E-state index in [0.717, 1.165) is 43.7 Å². The lowest BCUT2D eigenvalue weighted by molar-refractivity contribution is 0.111. The van der Waals surface area contributed by atoms with Gasteiger partial charge in [0.15, 0.2) is 17.9 Å². The second kappa shape index (κ2) is 11.1. The van der Waals surface area contributed by atoms with Gasteiger partial charge in [0.05, 0.1) is 0 Å². The molecule has 4 rings (SSSR count). The highest BCUT2D eigenvalue weighted by Gasteiger charge is 2.32. The van der Waals surface area contributed by atoms with Gasteiger partial charge in [-0.25, -0.2) is 0 Å². The van der Waals surface area contributed by atoms with Crippen molar-refractivity contribution in [2.75, 3.05) is 14.2 Å². The highest BCUT2D eigenvalue weighted by atomic mass is 16.5. The van der Waals surface area contributed by atoms with Crippen molar-refractivity contribution < 1.29 is 18.9 Å². The molecule has 2 aromatic heterocycles. The van der Waals surface area contributed by atoms with Crippen molar-refractivity contribution in [3.05, 3.63) is 53.8 Å². The van der Waals surface area contributed by atoms with Gasteiger partial charge >= 0.3 is 0 Å². The maximum absolute atomic E-state index is 10.3. The van der Waals surface area contributed by atoms with Crippen molar-refractivity contribution in [3.8, 4) is 11.3 Å². The first kappa shape index (κ1) is 21.5. The summed E-state index contributed by atoms with van der Waals surface area (Å²) >= 11 is 0. The third-order valence-corrected chi connectivity index (χ3v) is 4.41. The third-order valence-electron chi connectivity index (χ3n) is 4.41. The molecular formula is C20H26N4O4. The lowest BCUT2D eigenvalue weighted by atomic mass is 9.80. The maximum Gasteiger partial charge on any atom is 0.226 e. The number of aliphatic hydroxyl groups is 1.